The minimum Gasteiger partial charge on any atom is -0.427 e. The normalized spacial score (nSPS) is 23.9. The van der Waals surface area contributed by atoms with Crippen LogP contribution in [0.15, 0.2) is 36.4 Å². The first kappa shape index (κ1) is 26.6. The first-order valence-electron chi connectivity index (χ1n) is 13.3. The average Bonchev–Trinajstić information content (AvgIpc) is 3.53. The summed E-state index contributed by atoms with van der Waals surface area (Å²) in [5.74, 6) is -1.17. The molecule has 0 radical (unpaired) electrons. The van der Waals surface area contributed by atoms with E-state index in [1.54, 1.807) is 29.2 Å². The maximum atomic E-state index is 14.0. The van der Waals surface area contributed by atoms with Crippen molar-refractivity contribution in [1.29, 1.82) is 0 Å². The lowest BCUT2D eigenvalue weighted by molar-refractivity contribution is -0.143. The number of urea groups is 1. The first-order valence-corrected chi connectivity index (χ1v) is 13.3. The number of hydrogen-bond donors (Lipinski definition) is 2. The van der Waals surface area contributed by atoms with E-state index in [1.165, 1.54) is 19.2 Å². The van der Waals surface area contributed by atoms with Crippen molar-refractivity contribution in [1.82, 2.24) is 15.1 Å². The van der Waals surface area contributed by atoms with Gasteiger partial charge in [-0.3, -0.25) is 9.59 Å². The molecular formula is C29H33FN4O5. The summed E-state index contributed by atoms with van der Waals surface area (Å²) in [6, 6.07) is 9.02. The quantitative estimate of drug-likeness (QED) is 0.582. The van der Waals surface area contributed by atoms with Crippen LogP contribution in [-0.4, -0.2) is 53.4 Å². The van der Waals surface area contributed by atoms with Gasteiger partial charge < -0.3 is 20.3 Å². The molecule has 2 aliphatic heterocycles. The van der Waals surface area contributed by atoms with Crippen LogP contribution in [0.1, 0.15) is 74.2 Å². The molecule has 9 nitrogen and oxygen atoms in total. The number of amides is 5. The van der Waals surface area contributed by atoms with Crippen LogP contribution in [-0.2, 0) is 26.3 Å². The SMILES string of the molecule is CNC(=O)Nc1ccc2c(c1)CCC21OC(=O)N(CC(=O)N2[C@H](C)CC[C@@H]2c2ccc(F)cc2C(C)C)C1=O. The van der Waals surface area contributed by atoms with Crippen molar-refractivity contribution in [2.45, 2.75) is 70.1 Å². The summed E-state index contributed by atoms with van der Waals surface area (Å²) >= 11 is 0. The number of aryl methyl sites for hydroxylation is 1. The van der Waals surface area contributed by atoms with E-state index in [1.807, 2.05) is 20.8 Å². The van der Waals surface area contributed by atoms with Crippen molar-refractivity contribution >= 4 is 29.6 Å². The largest absolute Gasteiger partial charge is 0.427 e. The number of halogens is 1. The fourth-order valence-electron chi connectivity index (χ4n) is 6.20. The number of hydrogen-bond acceptors (Lipinski definition) is 5. The van der Waals surface area contributed by atoms with E-state index < -0.39 is 24.1 Å². The van der Waals surface area contributed by atoms with Gasteiger partial charge in [0.2, 0.25) is 11.5 Å². The Morgan fingerprint density at radius 1 is 1.15 bits per heavy atom. The van der Waals surface area contributed by atoms with Gasteiger partial charge in [0.05, 0.1) is 6.04 Å². The molecule has 5 rings (SSSR count). The molecule has 0 bridgehead atoms. The molecule has 0 aromatic heterocycles. The van der Waals surface area contributed by atoms with E-state index >= 15 is 0 Å². The predicted octanol–water partition coefficient (Wildman–Crippen LogP) is 4.57. The number of nitrogens with one attached hydrogen (secondary N) is 2. The lowest BCUT2D eigenvalue weighted by Crippen LogP contribution is -2.46. The van der Waals surface area contributed by atoms with E-state index in [2.05, 4.69) is 10.6 Å². The number of likely N-dealkylation sites (tertiary alicyclic amines) is 1. The topological polar surface area (TPSA) is 108 Å². The average molecular weight is 537 g/mol. The van der Waals surface area contributed by atoms with Gasteiger partial charge in [-0.1, -0.05) is 26.0 Å². The van der Waals surface area contributed by atoms with Crippen molar-refractivity contribution in [3.8, 4) is 0 Å². The summed E-state index contributed by atoms with van der Waals surface area (Å²) in [7, 11) is 1.51. The van der Waals surface area contributed by atoms with Crippen molar-refractivity contribution < 1.29 is 28.3 Å². The third kappa shape index (κ3) is 4.51. The maximum Gasteiger partial charge on any atom is 0.418 e. The highest BCUT2D eigenvalue weighted by molar-refractivity contribution is 6.06. The Labute approximate surface area is 226 Å². The molecule has 0 saturated carbocycles. The zero-order chi connectivity index (χ0) is 28.1. The smallest absolute Gasteiger partial charge is 0.418 e. The highest BCUT2D eigenvalue weighted by Crippen LogP contribution is 2.46. The zero-order valence-corrected chi connectivity index (χ0v) is 22.5. The molecule has 3 atom stereocenters. The fraction of sp³-hybridized carbons (Fsp3) is 0.448. The molecular weight excluding hydrogens is 503 g/mol. The Morgan fingerprint density at radius 2 is 1.92 bits per heavy atom. The number of fused-ring (bicyclic) bond motifs is 2. The molecule has 10 heteroatoms. The monoisotopic (exact) mass is 536 g/mol. The Hall–Kier alpha value is -3.95. The Kier molecular flexibility index (Phi) is 6.82. The van der Waals surface area contributed by atoms with Crippen LogP contribution >= 0.6 is 0 Å². The molecule has 2 fully saturated rings. The van der Waals surface area contributed by atoms with Crippen LogP contribution in [0.25, 0.3) is 0 Å². The van der Waals surface area contributed by atoms with Crippen molar-refractivity contribution in [3.63, 3.8) is 0 Å². The third-order valence-electron chi connectivity index (χ3n) is 8.12. The fourth-order valence-corrected chi connectivity index (χ4v) is 6.20. The molecule has 3 aliphatic rings. The molecule has 1 aliphatic carbocycles. The summed E-state index contributed by atoms with van der Waals surface area (Å²) in [5, 5.41) is 5.18. The number of benzene rings is 2. The molecule has 1 unspecified atom stereocenters. The molecule has 1 spiro atoms. The molecule has 2 saturated heterocycles. The standard InChI is InChI=1S/C29H33FN4O5/c1-16(2)22-14-19(30)6-8-21(22)24-10-5-17(3)34(24)25(35)15-33-26(36)29(39-28(33)38)12-11-18-13-20(7-9-23(18)29)32-27(37)31-4/h6-9,13-14,16-17,24H,5,10-12,15H2,1-4H3,(H2,31,32,37)/t17-,24-,29?/m1/s1. The van der Waals surface area contributed by atoms with Crippen LogP contribution in [0.2, 0.25) is 0 Å². The number of rotatable bonds is 5. The minimum absolute atomic E-state index is 0.0630. The summed E-state index contributed by atoms with van der Waals surface area (Å²) in [4.78, 5) is 54.6. The second-order valence-corrected chi connectivity index (χ2v) is 10.8. The number of carbonyl (C=O) groups excluding carboxylic acids is 4. The summed E-state index contributed by atoms with van der Waals surface area (Å²) in [6.45, 7) is 5.49. The minimum atomic E-state index is -1.48. The highest BCUT2D eigenvalue weighted by atomic mass is 19.1. The Bertz CT molecular complexity index is 1360. The summed E-state index contributed by atoms with van der Waals surface area (Å²) in [6.07, 6.45) is 1.36. The van der Waals surface area contributed by atoms with Crippen molar-refractivity contribution in [3.05, 3.63) is 64.5 Å². The second-order valence-electron chi connectivity index (χ2n) is 10.8. The lowest BCUT2D eigenvalue weighted by atomic mass is 9.91. The molecule has 2 N–H and O–H groups in total. The maximum absolute atomic E-state index is 14.0. The second kappa shape index (κ2) is 9.98. The van der Waals surface area contributed by atoms with Crippen LogP contribution in [0, 0.1) is 5.82 Å². The number of imide groups is 1. The predicted molar refractivity (Wildman–Crippen MR) is 141 cm³/mol. The van der Waals surface area contributed by atoms with E-state index in [0.717, 1.165) is 28.0 Å². The van der Waals surface area contributed by atoms with Gasteiger partial charge in [0.1, 0.15) is 12.4 Å². The molecule has 2 aromatic rings. The van der Waals surface area contributed by atoms with Crippen molar-refractivity contribution in [2.75, 3.05) is 18.9 Å². The van der Waals surface area contributed by atoms with Crippen LogP contribution in [0.5, 0.6) is 0 Å². The molecule has 2 heterocycles. The van der Waals surface area contributed by atoms with E-state index in [9.17, 15) is 23.6 Å². The van der Waals surface area contributed by atoms with Crippen molar-refractivity contribution in [2.24, 2.45) is 0 Å². The van der Waals surface area contributed by atoms with Gasteiger partial charge in [0, 0.05) is 30.8 Å². The number of anilines is 1. The molecule has 206 valence electrons. The number of ether oxygens (including phenoxy) is 1. The Morgan fingerprint density at radius 3 is 2.64 bits per heavy atom. The van der Waals surface area contributed by atoms with E-state index in [-0.39, 0.29) is 42.2 Å². The van der Waals surface area contributed by atoms with Gasteiger partial charge in [-0.15, -0.1) is 0 Å². The van der Waals surface area contributed by atoms with Crippen LogP contribution < -0.4 is 10.6 Å². The highest BCUT2D eigenvalue weighted by Gasteiger charge is 2.58. The molecule has 5 amide bonds. The number of carbonyl (C=O) groups is 4. The lowest BCUT2D eigenvalue weighted by Gasteiger charge is -2.31. The Balaban J connectivity index is 1.38. The van der Waals surface area contributed by atoms with E-state index in [4.69, 9.17) is 4.74 Å². The first-order chi connectivity index (χ1) is 18.6. The van der Waals surface area contributed by atoms with Crippen LogP contribution in [0.3, 0.4) is 0 Å². The molecule has 39 heavy (non-hydrogen) atoms. The van der Waals surface area contributed by atoms with E-state index in [0.29, 0.717) is 24.1 Å². The summed E-state index contributed by atoms with van der Waals surface area (Å²) in [5.41, 5.74) is 2.18. The molecule has 2 aromatic carbocycles. The van der Waals surface area contributed by atoms with Gasteiger partial charge in [-0.25, -0.2) is 18.9 Å². The van der Waals surface area contributed by atoms with Crippen LogP contribution in [0.4, 0.5) is 19.7 Å². The van der Waals surface area contributed by atoms with Gasteiger partial charge in [0.25, 0.3) is 5.91 Å². The third-order valence-corrected chi connectivity index (χ3v) is 8.12. The summed E-state index contributed by atoms with van der Waals surface area (Å²) < 4.78 is 19.7. The van der Waals surface area contributed by atoms with Gasteiger partial charge in [0.15, 0.2) is 0 Å². The number of nitrogens with zero attached hydrogens (tertiary/aromatic N) is 2. The van der Waals surface area contributed by atoms with Gasteiger partial charge >= 0.3 is 12.1 Å². The van der Waals surface area contributed by atoms with Gasteiger partial charge in [-0.05, 0) is 73.1 Å². The zero-order valence-electron chi connectivity index (χ0n) is 22.5. The van der Waals surface area contributed by atoms with Gasteiger partial charge in [-0.2, -0.15) is 0 Å².